The van der Waals surface area contributed by atoms with Crippen LogP contribution in [0.15, 0.2) is 24.3 Å². The monoisotopic (exact) mass is 193 g/mol. The topological polar surface area (TPSA) is 29.1 Å². The molecule has 1 amide bonds. The van der Waals surface area contributed by atoms with Crippen LogP contribution in [0.4, 0.5) is 0 Å². The van der Waals surface area contributed by atoms with E-state index in [1.165, 1.54) is 11.1 Å². The molecule has 0 aliphatic carbocycles. The number of aryl methyl sites for hydroxylation is 2. The van der Waals surface area contributed by atoms with Crippen LogP contribution in [0.3, 0.4) is 0 Å². The molecule has 0 spiro atoms. The molecule has 1 aromatic carbocycles. The van der Waals surface area contributed by atoms with Crippen molar-refractivity contribution in [2.75, 3.05) is 6.54 Å². The predicted octanol–water partition coefficient (Wildman–Crippen LogP) is 2.31. The highest BCUT2D eigenvalue weighted by molar-refractivity contribution is 5.45. The number of amides is 1. The van der Waals surface area contributed by atoms with Gasteiger partial charge in [0.05, 0.1) is 0 Å². The van der Waals surface area contributed by atoms with Gasteiger partial charge in [-0.1, -0.05) is 36.8 Å². The normalized spacial score (nSPS) is 8.50. The van der Waals surface area contributed by atoms with Crippen molar-refractivity contribution < 1.29 is 4.79 Å². The van der Waals surface area contributed by atoms with Crippen molar-refractivity contribution in [1.29, 1.82) is 0 Å². The Kier molecular flexibility index (Phi) is 7.52. The number of carbonyl (C=O) groups is 1. The Morgan fingerprint density at radius 2 is 2.07 bits per heavy atom. The number of benzene rings is 1. The summed E-state index contributed by atoms with van der Waals surface area (Å²) in [6, 6.07) is 8.61. The summed E-state index contributed by atoms with van der Waals surface area (Å²) >= 11 is 0. The predicted molar refractivity (Wildman–Crippen MR) is 60.3 cm³/mol. The Labute approximate surface area is 86.3 Å². The van der Waals surface area contributed by atoms with Crippen molar-refractivity contribution in [3.05, 3.63) is 35.4 Å². The lowest BCUT2D eigenvalue weighted by Gasteiger charge is -1.95. The molecular formula is C12H19NO. The summed E-state index contributed by atoms with van der Waals surface area (Å²) in [6.45, 7) is 6.89. The van der Waals surface area contributed by atoms with Crippen LogP contribution in [0.5, 0.6) is 0 Å². The minimum Gasteiger partial charge on any atom is -0.359 e. The Hall–Kier alpha value is -1.31. The summed E-state index contributed by atoms with van der Waals surface area (Å²) in [5.41, 5.74) is 2.78. The molecule has 0 aliphatic rings. The highest BCUT2D eigenvalue weighted by Crippen LogP contribution is 2.03. The van der Waals surface area contributed by atoms with Crippen LogP contribution in [-0.4, -0.2) is 13.0 Å². The largest absolute Gasteiger partial charge is 0.359 e. The van der Waals surface area contributed by atoms with Crippen molar-refractivity contribution in [3.8, 4) is 0 Å². The van der Waals surface area contributed by atoms with Gasteiger partial charge in [0.2, 0.25) is 6.41 Å². The van der Waals surface area contributed by atoms with E-state index in [4.69, 9.17) is 0 Å². The number of hydrogen-bond donors (Lipinski definition) is 1. The van der Waals surface area contributed by atoms with E-state index in [9.17, 15) is 4.79 Å². The van der Waals surface area contributed by atoms with E-state index in [2.05, 4.69) is 43.4 Å². The first-order chi connectivity index (χ1) is 6.74. The number of nitrogens with one attached hydrogen (secondary N) is 1. The Morgan fingerprint density at radius 3 is 2.36 bits per heavy atom. The second-order valence-electron chi connectivity index (χ2n) is 3.02. The molecule has 2 nitrogen and oxygen atoms in total. The average Bonchev–Trinajstić information content (AvgIpc) is 2.20. The van der Waals surface area contributed by atoms with Crippen molar-refractivity contribution >= 4 is 6.41 Å². The second-order valence-corrected chi connectivity index (χ2v) is 3.02. The molecule has 0 radical (unpaired) electrons. The van der Waals surface area contributed by atoms with E-state index < -0.39 is 0 Å². The van der Waals surface area contributed by atoms with E-state index in [1.54, 1.807) is 0 Å². The number of hydrogen-bond acceptors (Lipinski definition) is 1. The maximum Gasteiger partial charge on any atom is 0.207 e. The highest BCUT2D eigenvalue weighted by Gasteiger charge is 1.85. The first kappa shape index (κ1) is 12.7. The van der Waals surface area contributed by atoms with E-state index >= 15 is 0 Å². The van der Waals surface area contributed by atoms with Gasteiger partial charge in [-0.05, 0) is 25.8 Å². The van der Waals surface area contributed by atoms with Gasteiger partial charge in [0.25, 0.3) is 0 Å². The third kappa shape index (κ3) is 6.23. The van der Waals surface area contributed by atoms with Crippen molar-refractivity contribution in [2.45, 2.75) is 27.2 Å². The summed E-state index contributed by atoms with van der Waals surface area (Å²) in [5.74, 6) is 0. The summed E-state index contributed by atoms with van der Waals surface area (Å²) < 4.78 is 0. The van der Waals surface area contributed by atoms with Gasteiger partial charge in [-0.25, -0.2) is 0 Å². The first-order valence-electron chi connectivity index (χ1n) is 4.97. The highest BCUT2D eigenvalue weighted by atomic mass is 16.1. The summed E-state index contributed by atoms with van der Waals surface area (Å²) in [4.78, 5) is 9.29. The molecule has 1 N–H and O–H groups in total. The molecule has 0 saturated carbocycles. The lowest BCUT2D eigenvalue weighted by molar-refractivity contribution is -0.109. The molecule has 78 valence electrons. The van der Waals surface area contributed by atoms with E-state index in [0.717, 1.165) is 13.0 Å². The standard InChI is InChI=1S/C9H12.C3H7NO/c1-3-9-6-4-5-8(2)7-9;1-2-4-3-5/h4-7H,3H2,1-2H3;3H,2H2,1H3,(H,4,5). The minimum absolute atomic E-state index is 0.681. The molecule has 0 bridgehead atoms. The van der Waals surface area contributed by atoms with Crippen LogP contribution < -0.4 is 5.32 Å². The van der Waals surface area contributed by atoms with Crippen LogP contribution in [0.2, 0.25) is 0 Å². The quantitative estimate of drug-likeness (QED) is 0.733. The van der Waals surface area contributed by atoms with Crippen LogP contribution >= 0.6 is 0 Å². The fourth-order valence-corrected chi connectivity index (χ4v) is 1.02. The molecule has 0 fully saturated rings. The molecule has 0 heterocycles. The maximum atomic E-state index is 9.29. The molecule has 14 heavy (non-hydrogen) atoms. The van der Waals surface area contributed by atoms with Gasteiger partial charge in [0.15, 0.2) is 0 Å². The third-order valence-corrected chi connectivity index (χ3v) is 1.78. The van der Waals surface area contributed by atoms with Gasteiger partial charge < -0.3 is 5.32 Å². The Bertz CT molecular complexity index is 258. The van der Waals surface area contributed by atoms with Gasteiger partial charge in [-0.2, -0.15) is 0 Å². The zero-order valence-corrected chi connectivity index (χ0v) is 9.21. The molecule has 0 atom stereocenters. The van der Waals surface area contributed by atoms with Crippen LogP contribution in [-0.2, 0) is 11.2 Å². The van der Waals surface area contributed by atoms with Crippen molar-refractivity contribution in [1.82, 2.24) is 5.32 Å². The molecule has 0 unspecified atom stereocenters. The van der Waals surface area contributed by atoms with E-state index in [0.29, 0.717) is 6.41 Å². The average molecular weight is 193 g/mol. The maximum absolute atomic E-state index is 9.29. The van der Waals surface area contributed by atoms with Crippen molar-refractivity contribution in [2.24, 2.45) is 0 Å². The fraction of sp³-hybridized carbons (Fsp3) is 0.417. The minimum atomic E-state index is 0.681. The fourth-order valence-electron chi connectivity index (χ4n) is 1.02. The summed E-state index contributed by atoms with van der Waals surface area (Å²) in [6.07, 6.45) is 1.82. The van der Waals surface area contributed by atoms with E-state index in [-0.39, 0.29) is 0 Å². The summed E-state index contributed by atoms with van der Waals surface area (Å²) in [5, 5.41) is 2.43. The molecule has 1 aromatic rings. The molecule has 0 aliphatic heterocycles. The summed E-state index contributed by atoms with van der Waals surface area (Å²) in [7, 11) is 0. The van der Waals surface area contributed by atoms with Gasteiger partial charge in [-0.15, -0.1) is 0 Å². The molecule has 0 aromatic heterocycles. The van der Waals surface area contributed by atoms with Crippen LogP contribution in [0.1, 0.15) is 25.0 Å². The van der Waals surface area contributed by atoms with Gasteiger partial charge in [0.1, 0.15) is 0 Å². The number of rotatable bonds is 3. The zero-order valence-electron chi connectivity index (χ0n) is 9.21. The SMILES string of the molecule is CCNC=O.CCc1cccc(C)c1. The Morgan fingerprint density at radius 1 is 1.36 bits per heavy atom. The molecular weight excluding hydrogens is 174 g/mol. The lowest BCUT2D eigenvalue weighted by Crippen LogP contribution is -2.07. The van der Waals surface area contributed by atoms with Crippen LogP contribution in [0, 0.1) is 6.92 Å². The van der Waals surface area contributed by atoms with Gasteiger partial charge in [-0.3, -0.25) is 4.79 Å². The second kappa shape index (κ2) is 8.30. The smallest absolute Gasteiger partial charge is 0.207 e. The van der Waals surface area contributed by atoms with Gasteiger partial charge in [0, 0.05) is 6.54 Å². The lowest BCUT2D eigenvalue weighted by atomic mass is 10.1. The van der Waals surface area contributed by atoms with Gasteiger partial charge >= 0.3 is 0 Å². The molecule has 2 heteroatoms. The molecule has 0 saturated heterocycles. The number of carbonyl (C=O) groups excluding carboxylic acids is 1. The Balaban J connectivity index is 0.000000292. The third-order valence-electron chi connectivity index (χ3n) is 1.78. The van der Waals surface area contributed by atoms with Crippen molar-refractivity contribution in [3.63, 3.8) is 0 Å². The van der Waals surface area contributed by atoms with Crippen LogP contribution in [0.25, 0.3) is 0 Å². The molecule has 1 rings (SSSR count). The zero-order chi connectivity index (χ0) is 10.8. The van der Waals surface area contributed by atoms with E-state index in [1.807, 2.05) is 6.92 Å². The first-order valence-corrected chi connectivity index (χ1v) is 4.97.